The Balaban J connectivity index is 1.64. The molecule has 2 heterocycles. The van der Waals surface area contributed by atoms with E-state index in [0.717, 1.165) is 11.3 Å². The van der Waals surface area contributed by atoms with E-state index in [9.17, 15) is 36.0 Å². The number of thiophene rings is 1. The minimum atomic E-state index is -4.75. The molecule has 34 heavy (non-hydrogen) atoms. The topological polar surface area (TPSA) is 131 Å². The zero-order valence-corrected chi connectivity index (χ0v) is 18.9. The molecule has 2 N–H and O–H groups in total. The van der Waals surface area contributed by atoms with Crippen molar-refractivity contribution in [1.82, 2.24) is 9.62 Å². The summed E-state index contributed by atoms with van der Waals surface area (Å²) in [4.78, 5) is 36.1. The summed E-state index contributed by atoms with van der Waals surface area (Å²) >= 11 is 0.932. The standard InChI is InChI=1S/C19H18F3N3O7S2/c20-19(21,22)11-32-18(28)24-16(27)14-5-10-33-17(14)23-15(26)12-1-3-13(4-2-12)34(29,30)25-6-8-31-9-7-25/h1-5,10H,6-9,11H2,(H,23,26)(H,24,27,28). The van der Waals surface area contributed by atoms with Gasteiger partial charge in [0, 0.05) is 18.7 Å². The van der Waals surface area contributed by atoms with E-state index in [4.69, 9.17) is 4.74 Å². The van der Waals surface area contributed by atoms with E-state index in [0.29, 0.717) is 0 Å². The van der Waals surface area contributed by atoms with Gasteiger partial charge < -0.3 is 14.8 Å². The van der Waals surface area contributed by atoms with Crippen molar-refractivity contribution in [3.8, 4) is 0 Å². The molecule has 0 bridgehead atoms. The molecular weight excluding hydrogens is 503 g/mol. The molecule has 0 atom stereocenters. The molecule has 1 fully saturated rings. The average molecular weight is 521 g/mol. The van der Waals surface area contributed by atoms with Gasteiger partial charge in [0.15, 0.2) is 6.61 Å². The first-order valence-electron chi connectivity index (χ1n) is 9.59. The number of imide groups is 1. The predicted octanol–water partition coefficient (Wildman–Crippen LogP) is 2.45. The Labute approximate surface area is 195 Å². The third kappa shape index (κ3) is 6.53. The van der Waals surface area contributed by atoms with Gasteiger partial charge in [-0.1, -0.05) is 0 Å². The van der Waals surface area contributed by atoms with Crippen LogP contribution in [0.25, 0.3) is 0 Å². The van der Waals surface area contributed by atoms with Crippen molar-refractivity contribution >= 4 is 44.3 Å². The number of nitrogens with zero attached hydrogens (tertiary/aromatic N) is 1. The summed E-state index contributed by atoms with van der Waals surface area (Å²) in [6.45, 7) is -0.849. The van der Waals surface area contributed by atoms with Crippen LogP contribution in [-0.4, -0.2) is 69.7 Å². The smallest absolute Gasteiger partial charge is 0.422 e. The maximum atomic E-state index is 12.7. The minimum absolute atomic E-state index is 0.000454. The Morgan fingerprint density at radius 3 is 2.32 bits per heavy atom. The predicted molar refractivity (Wildman–Crippen MR) is 113 cm³/mol. The van der Waals surface area contributed by atoms with Gasteiger partial charge in [-0.05, 0) is 35.7 Å². The Morgan fingerprint density at radius 1 is 1.06 bits per heavy atom. The van der Waals surface area contributed by atoms with Crippen molar-refractivity contribution in [2.75, 3.05) is 38.2 Å². The number of carbonyl (C=O) groups is 3. The average Bonchev–Trinajstić information content (AvgIpc) is 3.26. The number of rotatable bonds is 6. The highest BCUT2D eigenvalue weighted by atomic mass is 32.2. The van der Waals surface area contributed by atoms with E-state index < -0.39 is 40.7 Å². The molecule has 15 heteroatoms. The van der Waals surface area contributed by atoms with Crippen LogP contribution in [0.3, 0.4) is 0 Å². The van der Waals surface area contributed by atoms with E-state index in [1.807, 2.05) is 0 Å². The summed E-state index contributed by atoms with van der Waals surface area (Å²) in [5, 5.41) is 5.53. The first kappa shape index (κ1) is 25.6. The molecule has 3 rings (SSSR count). The quantitative estimate of drug-likeness (QED) is 0.597. The molecule has 10 nitrogen and oxygen atoms in total. The lowest BCUT2D eigenvalue weighted by Crippen LogP contribution is -2.40. The minimum Gasteiger partial charge on any atom is -0.440 e. The Bertz CT molecular complexity index is 1160. The number of carbonyl (C=O) groups excluding carboxylic acids is 3. The summed E-state index contributed by atoms with van der Waals surface area (Å²) < 4.78 is 72.0. The van der Waals surface area contributed by atoms with Crippen LogP contribution in [0.4, 0.5) is 23.0 Å². The maximum absolute atomic E-state index is 12.7. The fraction of sp³-hybridized carbons (Fsp3) is 0.316. The second kappa shape index (κ2) is 10.5. The zero-order chi connectivity index (χ0) is 24.9. The van der Waals surface area contributed by atoms with Gasteiger partial charge in [-0.3, -0.25) is 14.9 Å². The van der Waals surface area contributed by atoms with E-state index in [2.05, 4.69) is 10.1 Å². The fourth-order valence-corrected chi connectivity index (χ4v) is 5.01. The number of alkyl carbamates (subject to hydrolysis) is 1. The van der Waals surface area contributed by atoms with Crippen LogP contribution < -0.4 is 10.6 Å². The molecule has 2 aromatic rings. The number of hydrogen-bond acceptors (Lipinski definition) is 8. The highest BCUT2D eigenvalue weighted by molar-refractivity contribution is 7.89. The van der Waals surface area contributed by atoms with Crippen molar-refractivity contribution in [3.63, 3.8) is 0 Å². The third-order valence-corrected chi connectivity index (χ3v) is 7.19. The van der Waals surface area contributed by atoms with E-state index in [-0.39, 0.29) is 47.3 Å². The van der Waals surface area contributed by atoms with Gasteiger partial charge >= 0.3 is 12.3 Å². The Morgan fingerprint density at radius 2 is 1.71 bits per heavy atom. The zero-order valence-electron chi connectivity index (χ0n) is 17.3. The first-order chi connectivity index (χ1) is 16.0. The molecule has 1 aromatic carbocycles. The lowest BCUT2D eigenvalue weighted by molar-refractivity contribution is -0.160. The third-order valence-electron chi connectivity index (χ3n) is 4.44. The second-order valence-corrected chi connectivity index (χ2v) is 9.66. The highest BCUT2D eigenvalue weighted by Gasteiger charge is 2.30. The number of ether oxygens (including phenoxy) is 2. The van der Waals surface area contributed by atoms with Crippen LogP contribution in [0.15, 0.2) is 40.6 Å². The van der Waals surface area contributed by atoms with E-state index in [1.165, 1.54) is 40.0 Å². The first-order valence-corrected chi connectivity index (χ1v) is 11.9. The number of anilines is 1. The monoisotopic (exact) mass is 521 g/mol. The molecule has 0 spiro atoms. The Hall–Kier alpha value is -3.01. The molecule has 1 saturated heterocycles. The van der Waals surface area contributed by atoms with Crippen LogP contribution in [-0.2, 0) is 19.5 Å². The van der Waals surface area contributed by atoms with Crippen molar-refractivity contribution in [2.45, 2.75) is 11.1 Å². The van der Waals surface area contributed by atoms with Gasteiger partial charge in [0.25, 0.3) is 11.8 Å². The van der Waals surface area contributed by atoms with E-state index in [1.54, 1.807) is 5.32 Å². The van der Waals surface area contributed by atoms with Gasteiger partial charge in [-0.15, -0.1) is 11.3 Å². The highest BCUT2D eigenvalue weighted by Crippen LogP contribution is 2.25. The molecule has 0 aliphatic carbocycles. The molecule has 184 valence electrons. The van der Waals surface area contributed by atoms with Gasteiger partial charge in [-0.25, -0.2) is 13.2 Å². The number of hydrogen-bond donors (Lipinski definition) is 2. The maximum Gasteiger partial charge on any atom is 0.422 e. The number of alkyl halides is 3. The van der Waals surface area contributed by atoms with Gasteiger partial charge in [-0.2, -0.15) is 17.5 Å². The second-order valence-electron chi connectivity index (χ2n) is 6.80. The normalized spacial score (nSPS) is 14.9. The number of nitrogens with one attached hydrogen (secondary N) is 2. The number of amides is 3. The lowest BCUT2D eigenvalue weighted by Gasteiger charge is -2.26. The van der Waals surface area contributed by atoms with Crippen LogP contribution in [0.2, 0.25) is 0 Å². The van der Waals surface area contributed by atoms with Crippen LogP contribution >= 0.6 is 11.3 Å². The molecule has 1 aliphatic heterocycles. The molecule has 0 saturated carbocycles. The van der Waals surface area contributed by atoms with Crippen LogP contribution in [0.5, 0.6) is 0 Å². The van der Waals surface area contributed by atoms with Crippen molar-refractivity contribution in [2.24, 2.45) is 0 Å². The molecule has 0 unspecified atom stereocenters. The van der Waals surface area contributed by atoms with Gasteiger partial charge in [0.2, 0.25) is 10.0 Å². The fourth-order valence-electron chi connectivity index (χ4n) is 2.82. The molecule has 3 amide bonds. The largest absolute Gasteiger partial charge is 0.440 e. The number of benzene rings is 1. The number of sulfonamides is 1. The van der Waals surface area contributed by atoms with Gasteiger partial charge in [0.05, 0.1) is 23.7 Å². The summed E-state index contributed by atoms with van der Waals surface area (Å²) in [5.41, 5.74) is -0.0842. The Kier molecular flexibility index (Phi) is 7.91. The summed E-state index contributed by atoms with van der Waals surface area (Å²) in [7, 11) is -3.74. The lowest BCUT2D eigenvalue weighted by atomic mass is 10.2. The molecule has 0 radical (unpaired) electrons. The van der Waals surface area contributed by atoms with Crippen molar-refractivity contribution in [3.05, 3.63) is 46.8 Å². The molecule has 1 aromatic heterocycles. The SMILES string of the molecule is O=C(NC(=O)c1ccsc1NC(=O)c1ccc(S(=O)(=O)N2CCOCC2)cc1)OCC(F)(F)F. The molecular formula is C19H18F3N3O7S2. The molecule has 1 aliphatic rings. The summed E-state index contributed by atoms with van der Waals surface area (Å²) in [6, 6.07) is 6.40. The van der Waals surface area contributed by atoms with Crippen molar-refractivity contribution in [1.29, 1.82) is 0 Å². The van der Waals surface area contributed by atoms with Crippen LogP contribution in [0.1, 0.15) is 20.7 Å². The van der Waals surface area contributed by atoms with E-state index >= 15 is 0 Å². The summed E-state index contributed by atoms with van der Waals surface area (Å²) in [5.74, 6) is -1.75. The van der Waals surface area contributed by atoms with Crippen LogP contribution in [0, 0.1) is 0 Å². The summed E-state index contributed by atoms with van der Waals surface area (Å²) in [6.07, 6.45) is -6.35. The number of halogens is 3. The number of morpholine rings is 1. The van der Waals surface area contributed by atoms with Crippen molar-refractivity contribution < 1.29 is 45.4 Å². The van der Waals surface area contributed by atoms with Gasteiger partial charge in [0.1, 0.15) is 5.00 Å².